The summed E-state index contributed by atoms with van der Waals surface area (Å²) in [6.07, 6.45) is 8.01. The Bertz CT molecular complexity index is 541. The second-order valence-electron chi connectivity index (χ2n) is 5.05. The number of pyridine rings is 1. The van der Waals surface area contributed by atoms with Crippen LogP contribution >= 0.6 is 23.1 Å². The first kappa shape index (κ1) is 14.0. The predicted molar refractivity (Wildman–Crippen MR) is 87.1 cm³/mol. The smallest absolute Gasteiger partial charge is 0.142 e. The van der Waals surface area contributed by atoms with E-state index in [4.69, 9.17) is 0 Å². The molecule has 2 unspecified atom stereocenters. The molecule has 2 aromatic heterocycles. The van der Waals surface area contributed by atoms with Crippen LogP contribution in [0.5, 0.6) is 0 Å². The van der Waals surface area contributed by atoms with Gasteiger partial charge in [-0.3, -0.25) is 4.98 Å². The molecular weight excluding hydrogens is 286 g/mol. The van der Waals surface area contributed by atoms with E-state index in [0.29, 0.717) is 6.04 Å². The molecule has 1 saturated carbocycles. The summed E-state index contributed by atoms with van der Waals surface area (Å²) in [6.45, 7) is 0.866. The second kappa shape index (κ2) is 6.70. The molecule has 20 heavy (non-hydrogen) atoms. The van der Waals surface area contributed by atoms with Crippen molar-refractivity contribution in [2.45, 2.75) is 37.1 Å². The minimum absolute atomic E-state index is 0.644. The Hall–Kier alpha value is -0.910. The molecule has 2 atom stereocenters. The molecule has 5 heteroatoms. The lowest BCUT2D eigenvalue weighted by molar-refractivity contribution is 0.528. The number of rotatable bonds is 5. The molecule has 0 spiro atoms. The van der Waals surface area contributed by atoms with Gasteiger partial charge < -0.3 is 5.32 Å². The van der Waals surface area contributed by atoms with Crippen LogP contribution in [0.2, 0.25) is 0 Å². The number of nitrogens with zero attached hydrogens (tertiary/aromatic N) is 2. The Kier molecular flexibility index (Phi) is 4.70. The van der Waals surface area contributed by atoms with Crippen LogP contribution in [0.1, 0.15) is 25.0 Å². The summed E-state index contributed by atoms with van der Waals surface area (Å²) in [4.78, 5) is 9.03. The Labute approximate surface area is 128 Å². The van der Waals surface area contributed by atoms with Gasteiger partial charge in [0.05, 0.1) is 11.4 Å². The van der Waals surface area contributed by atoms with Crippen molar-refractivity contribution in [1.82, 2.24) is 15.3 Å². The fourth-order valence-electron chi connectivity index (χ4n) is 2.67. The standard InChI is InChI=1S/C15H19N3S2/c1-19-14-7-4-6-12(14)17-9-11-10-20-15(18-11)13-5-2-3-8-16-13/h2-3,5,8,10,12,14,17H,4,6-7,9H2,1H3. The van der Waals surface area contributed by atoms with Crippen LogP contribution in [-0.2, 0) is 6.54 Å². The average Bonchev–Trinajstić information content (AvgIpc) is 3.15. The lowest BCUT2D eigenvalue weighted by Crippen LogP contribution is -2.33. The minimum Gasteiger partial charge on any atom is -0.307 e. The zero-order valence-corrected chi connectivity index (χ0v) is 13.2. The van der Waals surface area contributed by atoms with Gasteiger partial charge in [0.2, 0.25) is 0 Å². The normalized spacial score (nSPS) is 22.2. The van der Waals surface area contributed by atoms with E-state index in [1.807, 2.05) is 36.2 Å². The van der Waals surface area contributed by atoms with Crippen molar-refractivity contribution in [1.29, 1.82) is 0 Å². The minimum atomic E-state index is 0.644. The van der Waals surface area contributed by atoms with Gasteiger partial charge in [-0.2, -0.15) is 11.8 Å². The fraction of sp³-hybridized carbons (Fsp3) is 0.467. The van der Waals surface area contributed by atoms with Gasteiger partial charge in [-0.05, 0) is 31.2 Å². The molecule has 2 heterocycles. The van der Waals surface area contributed by atoms with Crippen LogP contribution in [0, 0.1) is 0 Å². The average molecular weight is 305 g/mol. The Morgan fingerprint density at radius 2 is 2.35 bits per heavy atom. The monoisotopic (exact) mass is 305 g/mol. The molecule has 1 aliphatic carbocycles. The van der Waals surface area contributed by atoms with Gasteiger partial charge in [0.25, 0.3) is 0 Å². The van der Waals surface area contributed by atoms with Crippen LogP contribution in [0.3, 0.4) is 0 Å². The highest BCUT2D eigenvalue weighted by Crippen LogP contribution is 2.29. The molecule has 0 aliphatic heterocycles. The number of nitrogens with one attached hydrogen (secondary N) is 1. The van der Waals surface area contributed by atoms with E-state index in [0.717, 1.165) is 28.2 Å². The molecule has 0 aromatic carbocycles. The van der Waals surface area contributed by atoms with Crippen molar-refractivity contribution < 1.29 is 0 Å². The van der Waals surface area contributed by atoms with E-state index in [2.05, 4.69) is 26.9 Å². The Morgan fingerprint density at radius 3 is 3.15 bits per heavy atom. The molecule has 1 fully saturated rings. The van der Waals surface area contributed by atoms with E-state index in [1.54, 1.807) is 11.3 Å². The van der Waals surface area contributed by atoms with Gasteiger partial charge in [0.1, 0.15) is 5.01 Å². The topological polar surface area (TPSA) is 37.8 Å². The molecule has 2 aromatic rings. The van der Waals surface area contributed by atoms with Gasteiger partial charge in [-0.1, -0.05) is 12.5 Å². The lowest BCUT2D eigenvalue weighted by atomic mass is 10.2. The lowest BCUT2D eigenvalue weighted by Gasteiger charge is -2.18. The highest BCUT2D eigenvalue weighted by molar-refractivity contribution is 7.99. The number of hydrogen-bond acceptors (Lipinski definition) is 5. The molecule has 3 nitrogen and oxygen atoms in total. The molecule has 0 radical (unpaired) electrons. The van der Waals surface area contributed by atoms with E-state index in [-0.39, 0.29) is 0 Å². The molecule has 3 rings (SSSR count). The summed E-state index contributed by atoms with van der Waals surface area (Å²) in [7, 11) is 0. The molecule has 1 N–H and O–H groups in total. The first-order valence-electron chi connectivity index (χ1n) is 6.99. The molecule has 0 saturated heterocycles. The summed E-state index contributed by atoms with van der Waals surface area (Å²) in [5.41, 5.74) is 2.09. The van der Waals surface area contributed by atoms with Crippen molar-refractivity contribution in [2.75, 3.05) is 6.26 Å². The highest BCUT2D eigenvalue weighted by Gasteiger charge is 2.25. The van der Waals surface area contributed by atoms with Gasteiger partial charge in [-0.25, -0.2) is 4.98 Å². The van der Waals surface area contributed by atoms with E-state index in [1.165, 1.54) is 19.3 Å². The van der Waals surface area contributed by atoms with Crippen molar-refractivity contribution in [3.8, 4) is 10.7 Å². The van der Waals surface area contributed by atoms with Crippen molar-refractivity contribution in [3.63, 3.8) is 0 Å². The van der Waals surface area contributed by atoms with Crippen molar-refractivity contribution in [2.24, 2.45) is 0 Å². The fourth-order valence-corrected chi connectivity index (χ4v) is 4.43. The number of thioether (sulfide) groups is 1. The summed E-state index contributed by atoms with van der Waals surface area (Å²) < 4.78 is 0. The third-order valence-corrected chi connectivity index (χ3v) is 5.82. The van der Waals surface area contributed by atoms with Gasteiger partial charge in [-0.15, -0.1) is 11.3 Å². The number of hydrogen-bond donors (Lipinski definition) is 1. The van der Waals surface area contributed by atoms with Crippen LogP contribution in [0.4, 0.5) is 0 Å². The maximum atomic E-state index is 4.68. The van der Waals surface area contributed by atoms with Crippen LogP contribution < -0.4 is 5.32 Å². The SMILES string of the molecule is CSC1CCCC1NCc1csc(-c2ccccn2)n1. The summed E-state index contributed by atoms with van der Waals surface area (Å²) in [6, 6.07) is 6.59. The maximum Gasteiger partial charge on any atom is 0.142 e. The van der Waals surface area contributed by atoms with Gasteiger partial charge in [0, 0.05) is 29.4 Å². The highest BCUT2D eigenvalue weighted by atomic mass is 32.2. The predicted octanol–water partition coefficient (Wildman–Crippen LogP) is 3.58. The summed E-state index contributed by atoms with van der Waals surface area (Å²) >= 11 is 3.66. The summed E-state index contributed by atoms with van der Waals surface area (Å²) in [5, 5.41) is 7.58. The third kappa shape index (κ3) is 3.22. The summed E-state index contributed by atoms with van der Waals surface area (Å²) in [5.74, 6) is 0. The van der Waals surface area contributed by atoms with Gasteiger partial charge in [0.15, 0.2) is 0 Å². The van der Waals surface area contributed by atoms with Crippen molar-refractivity contribution >= 4 is 23.1 Å². The zero-order valence-electron chi connectivity index (χ0n) is 11.6. The number of thiazole rings is 1. The maximum absolute atomic E-state index is 4.68. The molecule has 106 valence electrons. The first-order chi connectivity index (χ1) is 9.86. The molecule has 0 bridgehead atoms. The Balaban J connectivity index is 1.60. The molecular formula is C15H19N3S2. The zero-order chi connectivity index (χ0) is 13.8. The van der Waals surface area contributed by atoms with E-state index >= 15 is 0 Å². The molecule has 1 aliphatic rings. The van der Waals surface area contributed by atoms with Crippen molar-refractivity contribution in [3.05, 3.63) is 35.5 Å². The van der Waals surface area contributed by atoms with Crippen LogP contribution in [0.25, 0.3) is 10.7 Å². The van der Waals surface area contributed by atoms with Crippen LogP contribution in [0.15, 0.2) is 29.8 Å². The largest absolute Gasteiger partial charge is 0.307 e. The quantitative estimate of drug-likeness (QED) is 0.916. The second-order valence-corrected chi connectivity index (χ2v) is 6.99. The number of aromatic nitrogens is 2. The van der Waals surface area contributed by atoms with E-state index in [9.17, 15) is 0 Å². The third-order valence-electron chi connectivity index (χ3n) is 3.74. The Morgan fingerprint density at radius 1 is 1.40 bits per heavy atom. The molecule has 0 amide bonds. The first-order valence-corrected chi connectivity index (χ1v) is 9.15. The van der Waals surface area contributed by atoms with Crippen LogP contribution in [-0.4, -0.2) is 27.5 Å². The van der Waals surface area contributed by atoms with E-state index < -0.39 is 0 Å². The van der Waals surface area contributed by atoms with Gasteiger partial charge >= 0.3 is 0 Å².